The molecule has 92 valence electrons. The highest BCUT2D eigenvalue weighted by atomic mass is 19.1. The Morgan fingerprint density at radius 1 is 1.17 bits per heavy atom. The van der Waals surface area contributed by atoms with Crippen molar-refractivity contribution >= 4 is 23.9 Å². The Morgan fingerprint density at radius 2 is 1.78 bits per heavy atom. The van der Waals surface area contributed by atoms with Crippen LogP contribution in [0.5, 0.6) is 0 Å². The molecule has 0 bridgehead atoms. The van der Waals surface area contributed by atoms with Gasteiger partial charge in [-0.05, 0) is 23.8 Å². The predicted octanol–water partition coefficient (Wildman–Crippen LogP) is 0.917. The van der Waals surface area contributed by atoms with E-state index >= 15 is 0 Å². The number of hydrogen-bond acceptors (Lipinski definition) is 3. The number of carbonyl (C=O) groups is 3. The first-order valence-corrected chi connectivity index (χ1v) is 5.09. The molecule has 0 atom stereocenters. The average molecular weight is 248 g/mol. The third-order valence-corrected chi connectivity index (χ3v) is 2.49. The van der Waals surface area contributed by atoms with Crippen molar-refractivity contribution in [1.82, 2.24) is 10.2 Å². The Morgan fingerprint density at radius 3 is 2.39 bits per heavy atom. The minimum Gasteiger partial charge on any atom is -0.273 e. The molecule has 1 N–H and O–H groups in total. The maximum Gasteiger partial charge on any atom is 0.331 e. The minimum atomic E-state index is -0.763. The number of hydrogen-bond donors (Lipinski definition) is 1. The van der Waals surface area contributed by atoms with Crippen molar-refractivity contribution in [3.8, 4) is 0 Å². The van der Waals surface area contributed by atoms with E-state index in [2.05, 4.69) is 0 Å². The highest BCUT2D eigenvalue weighted by molar-refractivity contribution is 6.30. The molecule has 6 heteroatoms. The number of nitrogens with one attached hydrogen (secondary N) is 1. The van der Waals surface area contributed by atoms with E-state index < -0.39 is 23.7 Å². The molecule has 18 heavy (non-hydrogen) atoms. The van der Waals surface area contributed by atoms with Gasteiger partial charge in [0.15, 0.2) is 0 Å². The molecule has 5 nitrogen and oxygen atoms in total. The number of imide groups is 2. The molecule has 0 aliphatic carbocycles. The van der Waals surface area contributed by atoms with Gasteiger partial charge in [0.25, 0.3) is 11.8 Å². The normalized spacial score (nSPS) is 18.2. The number of likely N-dealkylation sites (N-methyl/N-ethyl adjacent to an activating group) is 1. The van der Waals surface area contributed by atoms with E-state index in [9.17, 15) is 18.8 Å². The fraction of sp³-hybridized carbons (Fsp3) is 0.0833. The molecule has 1 aromatic rings. The fourth-order valence-corrected chi connectivity index (χ4v) is 1.47. The van der Waals surface area contributed by atoms with E-state index in [1.165, 1.54) is 37.4 Å². The van der Waals surface area contributed by atoms with Crippen molar-refractivity contribution in [2.24, 2.45) is 0 Å². The molecule has 1 heterocycles. The lowest BCUT2D eigenvalue weighted by Gasteiger charge is -2.22. The second kappa shape index (κ2) is 4.40. The fourth-order valence-electron chi connectivity index (χ4n) is 1.47. The van der Waals surface area contributed by atoms with Crippen molar-refractivity contribution in [2.45, 2.75) is 0 Å². The molecular formula is C12H9FN2O3. The van der Waals surface area contributed by atoms with Crippen LogP contribution in [-0.2, 0) is 9.59 Å². The summed E-state index contributed by atoms with van der Waals surface area (Å²) in [6.45, 7) is 0. The first-order valence-electron chi connectivity index (χ1n) is 5.09. The van der Waals surface area contributed by atoms with Crippen LogP contribution < -0.4 is 5.32 Å². The smallest absolute Gasteiger partial charge is 0.273 e. The summed E-state index contributed by atoms with van der Waals surface area (Å²) < 4.78 is 12.7. The first-order chi connectivity index (χ1) is 8.49. The van der Waals surface area contributed by atoms with E-state index in [-0.39, 0.29) is 5.57 Å². The molecule has 1 saturated heterocycles. The van der Waals surface area contributed by atoms with Gasteiger partial charge in [-0.1, -0.05) is 12.1 Å². The number of carbonyl (C=O) groups excluding carboxylic acids is 3. The average Bonchev–Trinajstić information content (AvgIpc) is 2.34. The summed E-state index contributed by atoms with van der Waals surface area (Å²) in [6.07, 6.45) is 1.31. The SMILES string of the molecule is CN1C(=O)NC(=O)/C(=C/c2ccc(F)cc2)C1=O. The van der Waals surface area contributed by atoms with Gasteiger partial charge in [-0.25, -0.2) is 9.18 Å². The van der Waals surface area contributed by atoms with Crippen molar-refractivity contribution in [3.63, 3.8) is 0 Å². The molecule has 0 aromatic heterocycles. The van der Waals surface area contributed by atoms with Gasteiger partial charge in [-0.15, -0.1) is 0 Å². The largest absolute Gasteiger partial charge is 0.331 e. The summed E-state index contributed by atoms with van der Waals surface area (Å²) >= 11 is 0. The lowest BCUT2D eigenvalue weighted by atomic mass is 10.1. The zero-order valence-corrected chi connectivity index (χ0v) is 9.44. The lowest BCUT2D eigenvalue weighted by molar-refractivity contribution is -0.129. The van der Waals surface area contributed by atoms with Crippen LogP contribution >= 0.6 is 0 Å². The predicted molar refractivity (Wildman–Crippen MR) is 60.7 cm³/mol. The monoisotopic (exact) mass is 248 g/mol. The van der Waals surface area contributed by atoms with E-state index in [1.54, 1.807) is 0 Å². The van der Waals surface area contributed by atoms with Crippen molar-refractivity contribution in [1.29, 1.82) is 0 Å². The van der Waals surface area contributed by atoms with Crippen molar-refractivity contribution in [3.05, 3.63) is 41.2 Å². The minimum absolute atomic E-state index is 0.163. The highest BCUT2D eigenvalue weighted by Crippen LogP contribution is 2.13. The van der Waals surface area contributed by atoms with Gasteiger partial charge in [0.1, 0.15) is 11.4 Å². The Balaban J connectivity index is 2.37. The molecule has 2 rings (SSSR count). The zero-order valence-electron chi connectivity index (χ0n) is 9.44. The number of barbiturate groups is 1. The van der Waals surface area contributed by atoms with E-state index in [0.717, 1.165) is 4.90 Å². The number of urea groups is 1. The van der Waals surface area contributed by atoms with Gasteiger partial charge in [0, 0.05) is 7.05 Å². The third-order valence-electron chi connectivity index (χ3n) is 2.49. The van der Waals surface area contributed by atoms with Gasteiger partial charge in [-0.3, -0.25) is 19.8 Å². The van der Waals surface area contributed by atoms with E-state index in [1.807, 2.05) is 5.32 Å². The Kier molecular flexibility index (Phi) is 2.93. The summed E-state index contributed by atoms with van der Waals surface area (Å²) in [5, 5.41) is 2.03. The van der Waals surface area contributed by atoms with Crippen LogP contribution in [0.25, 0.3) is 6.08 Å². The molecule has 1 fully saturated rings. The van der Waals surface area contributed by atoms with Crippen LogP contribution in [-0.4, -0.2) is 29.8 Å². The zero-order chi connectivity index (χ0) is 13.3. The first kappa shape index (κ1) is 12.0. The maximum atomic E-state index is 12.7. The number of benzene rings is 1. The maximum absolute atomic E-state index is 12.7. The second-order valence-corrected chi connectivity index (χ2v) is 3.73. The van der Waals surface area contributed by atoms with Gasteiger partial charge in [-0.2, -0.15) is 0 Å². The second-order valence-electron chi connectivity index (χ2n) is 3.73. The summed E-state index contributed by atoms with van der Waals surface area (Å²) in [6, 6.07) is 4.53. The Hall–Kier alpha value is -2.50. The van der Waals surface area contributed by atoms with Crippen LogP contribution in [0.4, 0.5) is 9.18 Å². The van der Waals surface area contributed by atoms with Crippen LogP contribution in [0.1, 0.15) is 5.56 Å². The molecule has 1 aliphatic heterocycles. The van der Waals surface area contributed by atoms with Gasteiger partial charge >= 0.3 is 6.03 Å². The van der Waals surface area contributed by atoms with Crippen LogP contribution in [0, 0.1) is 5.82 Å². The lowest BCUT2D eigenvalue weighted by Crippen LogP contribution is -2.52. The van der Waals surface area contributed by atoms with Crippen molar-refractivity contribution < 1.29 is 18.8 Å². The molecular weight excluding hydrogens is 239 g/mol. The molecule has 0 spiro atoms. The molecule has 0 radical (unpaired) electrons. The summed E-state index contributed by atoms with van der Waals surface area (Å²) in [5.41, 5.74) is 0.335. The molecule has 1 aromatic carbocycles. The summed E-state index contributed by atoms with van der Waals surface area (Å²) in [4.78, 5) is 35.2. The van der Waals surface area contributed by atoms with E-state index in [4.69, 9.17) is 0 Å². The van der Waals surface area contributed by atoms with Crippen LogP contribution in [0.15, 0.2) is 29.8 Å². The summed E-state index contributed by atoms with van der Waals surface area (Å²) in [5.74, 6) is -1.86. The highest BCUT2D eigenvalue weighted by Gasteiger charge is 2.32. The quantitative estimate of drug-likeness (QED) is 0.593. The van der Waals surface area contributed by atoms with Crippen LogP contribution in [0.3, 0.4) is 0 Å². The molecule has 1 aliphatic rings. The third kappa shape index (κ3) is 2.13. The van der Waals surface area contributed by atoms with Gasteiger partial charge in [0.2, 0.25) is 0 Å². The standard InChI is InChI=1S/C12H9FN2O3/c1-15-11(17)9(10(16)14-12(15)18)6-7-2-4-8(13)5-3-7/h2-6H,1H3,(H,14,16,18)/b9-6-. The van der Waals surface area contributed by atoms with Gasteiger partial charge < -0.3 is 0 Å². The number of halogens is 1. The number of rotatable bonds is 1. The molecule has 0 unspecified atom stereocenters. The molecule has 4 amide bonds. The summed E-state index contributed by atoms with van der Waals surface area (Å²) in [7, 11) is 1.27. The van der Waals surface area contributed by atoms with E-state index in [0.29, 0.717) is 5.56 Å². The number of amides is 4. The Labute approximate surface area is 102 Å². The Bertz CT molecular complexity index is 563. The molecule has 0 saturated carbocycles. The number of nitrogens with zero attached hydrogens (tertiary/aromatic N) is 1. The van der Waals surface area contributed by atoms with Crippen molar-refractivity contribution in [2.75, 3.05) is 7.05 Å². The van der Waals surface area contributed by atoms with Gasteiger partial charge in [0.05, 0.1) is 0 Å². The van der Waals surface area contributed by atoms with Crippen LogP contribution in [0.2, 0.25) is 0 Å². The topological polar surface area (TPSA) is 66.5 Å².